The predicted molar refractivity (Wildman–Crippen MR) is 66.3 cm³/mol. The molecule has 0 radical (unpaired) electrons. The fourth-order valence-electron chi connectivity index (χ4n) is 2.54. The normalized spacial score (nSPS) is 25.8. The molecule has 0 amide bonds. The highest BCUT2D eigenvalue weighted by atomic mass is 15.1. The SMILES string of the molecule is CC(CC1CCCN1)NC(C)CN(C)C. The molecule has 1 heterocycles. The van der Waals surface area contributed by atoms with Crippen molar-refractivity contribution < 1.29 is 0 Å². The predicted octanol–water partition coefficient (Wildman–Crippen LogP) is 1.06. The average molecular weight is 213 g/mol. The summed E-state index contributed by atoms with van der Waals surface area (Å²) in [6.07, 6.45) is 3.97. The van der Waals surface area contributed by atoms with E-state index in [4.69, 9.17) is 0 Å². The quantitative estimate of drug-likeness (QED) is 0.691. The van der Waals surface area contributed by atoms with Gasteiger partial charge >= 0.3 is 0 Å². The van der Waals surface area contributed by atoms with Gasteiger partial charge in [0.15, 0.2) is 0 Å². The van der Waals surface area contributed by atoms with Crippen LogP contribution < -0.4 is 10.6 Å². The standard InChI is InChI=1S/C12H27N3/c1-10(8-12-6-5-7-13-12)14-11(2)9-15(3)4/h10-14H,5-9H2,1-4H3. The zero-order chi connectivity index (χ0) is 11.3. The van der Waals surface area contributed by atoms with Crippen molar-refractivity contribution in [1.29, 1.82) is 0 Å². The molecule has 0 aromatic rings. The van der Waals surface area contributed by atoms with Crippen molar-refractivity contribution in [3.05, 3.63) is 0 Å². The Labute approximate surface area is 94.6 Å². The maximum Gasteiger partial charge on any atom is 0.0168 e. The van der Waals surface area contributed by atoms with Gasteiger partial charge in [-0.15, -0.1) is 0 Å². The number of hydrogen-bond acceptors (Lipinski definition) is 3. The first kappa shape index (κ1) is 12.9. The summed E-state index contributed by atoms with van der Waals surface area (Å²) in [5.41, 5.74) is 0. The summed E-state index contributed by atoms with van der Waals surface area (Å²) in [5, 5.41) is 7.21. The van der Waals surface area contributed by atoms with Gasteiger partial charge in [-0.3, -0.25) is 0 Å². The highest BCUT2D eigenvalue weighted by Crippen LogP contribution is 2.11. The van der Waals surface area contributed by atoms with Crippen molar-refractivity contribution in [2.75, 3.05) is 27.2 Å². The molecule has 0 aromatic heterocycles. The molecule has 2 N–H and O–H groups in total. The van der Waals surface area contributed by atoms with Gasteiger partial charge in [-0.2, -0.15) is 0 Å². The van der Waals surface area contributed by atoms with Gasteiger partial charge in [-0.1, -0.05) is 0 Å². The summed E-state index contributed by atoms with van der Waals surface area (Å²) < 4.78 is 0. The highest BCUT2D eigenvalue weighted by molar-refractivity contribution is 4.80. The molecular formula is C12H27N3. The molecule has 1 saturated heterocycles. The number of nitrogens with zero attached hydrogens (tertiary/aromatic N) is 1. The highest BCUT2D eigenvalue weighted by Gasteiger charge is 2.17. The second kappa shape index (κ2) is 6.46. The van der Waals surface area contributed by atoms with Gasteiger partial charge in [-0.25, -0.2) is 0 Å². The molecule has 90 valence electrons. The van der Waals surface area contributed by atoms with E-state index < -0.39 is 0 Å². The van der Waals surface area contributed by atoms with E-state index in [0.29, 0.717) is 12.1 Å². The van der Waals surface area contributed by atoms with Crippen molar-refractivity contribution in [1.82, 2.24) is 15.5 Å². The first-order valence-corrected chi connectivity index (χ1v) is 6.22. The van der Waals surface area contributed by atoms with E-state index in [1.165, 1.54) is 25.8 Å². The number of hydrogen-bond donors (Lipinski definition) is 2. The smallest absolute Gasteiger partial charge is 0.0168 e. The lowest BCUT2D eigenvalue weighted by Gasteiger charge is -2.24. The summed E-state index contributed by atoms with van der Waals surface area (Å²) >= 11 is 0. The van der Waals surface area contributed by atoms with Crippen LogP contribution in [0.15, 0.2) is 0 Å². The van der Waals surface area contributed by atoms with Crippen LogP contribution in [0.1, 0.15) is 33.1 Å². The molecule has 1 fully saturated rings. The van der Waals surface area contributed by atoms with E-state index in [1.807, 2.05) is 0 Å². The molecule has 3 atom stereocenters. The summed E-state index contributed by atoms with van der Waals surface area (Å²) in [4.78, 5) is 2.23. The third-order valence-corrected chi connectivity index (χ3v) is 3.01. The van der Waals surface area contributed by atoms with Crippen molar-refractivity contribution in [2.45, 2.75) is 51.2 Å². The van der Waals surface area contributed by atoms with Crippen molar-refractivity contribution in [2.24, 2.45) is 0 Å². The van der Waals surface area contributed by atoms with Gasteiger partial charge in [0.25, 0.3) is 0 Å². The van der Waals surface area contributed by atoms with E-state index in [0.717, 1.165) is 12.6 Å². The van der Waals surface area contributed by atoms with Gasteiger partial charge in [0, 0.05) is 24.7 Å². The molecule has 3 unspecified atom stereocenters. The molecule has 1 rings (SSSR count). The van der Waals surface area contributed by atoms with Crippen LogP contribution >= 0.6 is 0 Å². The minimum Gasteiger partial charge on any atom is -0.314 e. The van der Waals surface area contributed by atoms with Crippen LogP contribution in [0, 0.1) is 0 Å². The molecule has 0 bridgehead atoms. The van der Waals surface area contributed by atoms with Gasteiger partial charge in [0.1, 0.15) is 0 Å². The Morgan fingerprint density at radius 1 is 1.33 bits per heavy atom. The van der Waals surface area contributed by atoms with Gasteiger partial charge in [-0.05, 0) is 53.8 Å². The maximum absolute atomic E-state index is 3.66. The van der Waals surface area contributed by atoms with Crippen molar-refractivity contribution in [3.63, 3.8) is 0 Å². The fraction of sp³-hybridized carbons (Fsp3) is 1.00. The number of nitrogens with one attached hydrogen (secondary N) is 2. The zero-order valence-electron chi connectivity index (χ0n) is 10.7. The molecule has 1 aliphatic heterocycles. The van der Waals surface area contributed by atoms with E-state index in [1.54, 1.807) is 0 Å². The molecule has 15 heavy (non-hydrogen) atoms. The number of rotatable bonds is 6. The van der Waals surface area contributed by atoms with Crippen LogP contribution in [0.2, 0.25) is 0 Å². The van der Waals surface area contributed by atoms with Crippen LogP contribution in [-0.4, -0.2) is 50.2 Å². The third-order valence-electron chi connectivity index (χ3n) is 3.01. The molecular weight excluding hydrogens is 186 g/mol. The fourth-order valence-corrected chi connectivity index (χ4v) is 2.54. The first-order chi connectivity index (χ1) is 7.08. The van der Waals surface area contributed by atoms with Crippen LogP contribution in [0.25, 0.3) is 0 Å². The lowest BCUT2D eigenvalue weighted by Crippen LogP contribution is -2.43. The Morgan fingerprint density at radius 2 is 2.07 bits per heavy atom. The first-order valence-electron chi connectivity index (χ1n) is 6.22. The Bertz CT molecular complexity index is 164. The summed E-state index contributed by atoms with van der Waals surface area (Å²) in [6.45, 7) is 6.89. The number of likely N-dealkylation sites (N-methyl/N-ethyl adjacent to an activating group) is 1. The Balaban J connectivity index is 2.13. The largest absolute Gasteiger partial charge is 0.314 e. The molecule has 1 aliphatic rings. The minimum absolute atomic E-state index is 0.580. The topological polar surface area (TPSA) is 27.3 Å². The molecule has 0 saturated carbocycles. The summed E-state index contributed by atoms with van der Waals surface area (Å²) in [6, 6.07) is 1.95. The zero-order valence-corrected chi connectivity index (χ0v) is 10.7. The molecule has 3 heteroatoms. The summed E-state index contributed by atoms with van der Waals surface area (Å²) in [5.74, 6) is 0. The second-order valence-corrected chi connectivity index (χ2v) is 5.26. The lowest BCUT2D eigenvalue weighted by molar-refractivity contribution is 0.319. The maximum atomic E-state index is 3.66. The second-order valence-electron chi connectivity index (χ2n) is 5.26. The molecule has 0 spiro atoms. The van der Waals surface area contributed by atoms with Gasteiger partial charge in [0.2, 0.25) is 0 Å². The van der Waals surface area contributed by atoms with E-state index >= 15 is 0 Å². The average Bonchev–Trinajstić information content (AvgIpc) is 2.53. The van der Waals surface area contributed by atoms with Gasteiger partial charge < -0.3 is 15.5 Å². The van der Waals surface area contributed by atoms with Crippen LogP contribution in [0.3, 0.4) is 0 Å². The Kier molecular flexibility index (Phi) is 5.58. The van der Waals surface area contributed by atoms with Crippen LogP contribution in [-0.2, 0) is 0 Å². The molecule has 0 aromatic carbocycles. The lowest BCUT2D eigenvalue weighted by atomic mass is 10.1. The summed E-state index contributed by atoms with van der Waals surface area (Å²) in [7, 11) is 4.25. The van der Waals surface area contributed by atoms with Crippen LogP contribution in [0.4, 0.5) is 0 Å². The van der Waals surface area contributed by atoms with Crippen LogP contribution in [0.5, 0.6) is 0 Å². The monoisotopic (exact) mass is 213 g/mol. The Hall–Kier alpha value is -0.120. The molecule has 0 aliphatic carbocycles. The van der Waals surface area contributed by atoms with Gasteiger partial charge in [0.05, 0.1) is 0 Å². The van der Waals surface area contributed by atoms with E-state index in [9.17, 15) is 0 Å². The van der Waals surface area contributed by atoms with E-state index in [-0.39, 0.29) is 0 Å². The van der Waals surface area contributed by atoms with E-state index in [2.05, 4.69) is 43.5 Å². The molecule has 3 nitrogen and oxygen atoms in total. The third kappa shape index (κ3) is 5.50. The Morgan fingerprint density at radius 3 is 2.60 bits per heavy atom. The minimum atomic E-state index is 0.580. The van der Waals surface area contributed by atoms with Crippen molar-refractivity contribution >= 4 is 0 Å². The van der Waals surface area contributed by atoms with Crippen molar-refractivity contribution in [3.8, 4) is 0 Å².